The highest BCUT2D eigenvalue weighted by atomic mass is 32.2. The summed E-state index contributed by atoms with van der Waals surface area (Å²) in [5.41, 5.74) is 0. The first-order valence-electron chi connectivity index (χ1n) is 7.40. The molecule has 2 rings (SSSR count). The van der Waals surface area contributed by atoms with Gasteiger partial charge >= 0.3 is 0 Å². The number of hydrogen-bond acceptors (Lipinski definition) is 4. The molecule has 0 aromatic rings. The third kappa shape index (κ3) is 3.96. The first kappa shape index (κ1) is 14.9. The predicted octanol–water partition coefficient (Wildman–Crippen LogP) is 1.79. The van der Waals surface area contributed by atoms with Gasteiger partial charge in [-0.1, -0.05) is 19.8 Å². The zero-order valence-electron chi connectivity index (χ0n) is 11.7. The average Bonchev–Trinajstić information content (AvgIpc) is 2.72. The van der Waals surface area contributed by atoms with E-state index in [2.05, 4.69) is 12.2 Å². The maximum absolute atomic E-state index is 11.5. The van der Waals surface area contributed by atoms with Crippen molar-refractivity contribution >= 4 is 23.6 Å². The predicted molar refractivity (Wildman–Crippen MR) is 78.1 cm³/mol. The highest BCUT2D eigenvalue weighted by Crippen LogP contribution is 2.28. The molecule has 5 heteroatoms. The lowest BCUT2D eigenvalue weighted by Gasteiger charge is -2.32. The van der Waals surface area contributed by atoms with E-state index in [9.17, 15) is 9.59 Å². The van der Waals surface area contributed by atoms with E-state index < -0.39 is 0 Å². The molecule has 0 aromatic heterocycles. The quantitative estimate of drug-likeness (QED) is 0.756. The lowest BCUT2D eigenvalue weighted by Crippen LogP contribution is -2.44. The van der Waals surface area contributed by atoms with Gasteiger partial charge in [-0.3, -0.25) is 14.5 Å². The molecule has 1 N–H and O–H groups in total. The van der Waals surface area contributed by atoms with E-state index in [-0.39, 0.29) is 11.8 Å². The summed E-state index contributed by atoms with van der Waals surface area (Å²) in [5, 5.41) is 4.26. The summed E-state index contributed by atoms with van der Waals surface area (Å²) in [6.07, 6.45) is 5.93. The fourth-order valence-electron chi connectivity index (χ4n) is 2.98. The molecule has 2 amide bonds. The molecule has 19 heavy (non-hydrogen) atoms. The van der Waals surface area contributed by atoms with Crippen molar-refractivity contribution in [1.82, 2.24) is 10.2 Å². The van der Waals surface area contributed by atoms with Gasteiger partial charge in [0.05, 0.1) is 0 Å². The van der Waals surface area contributed by atoms with Crippen LogP contribution in [0.2, 0.25) is 0 Å². The third-order valence-electron chi connectivity index (χ3n) is 3.98. The largest absolute Gasteiger partial charge is 0.311 e. The number of thioether (sulfide) groups is 1. The van der Waals surface area contributed by atoms with Gasteiger partial charge in [-0.2, -0.15) is 11.8 Å². The zero-order valence-corrected chi connectivity index (χ0v) is 12.5. The number of nitrogens with one attached hydrogen (secondary N) is 1. The summed E-state index contributed by atoms with van der Waals surface area (Å²) in [6.45, 7) is 3.48. The first-order valence-corrected chi connectivity index (χ1v) is 8.45. The molecule has 0 radical (unpaired) electrons. The van der Waals surface area contributed by atoms with Gasteiger partial charge in [0.2, 0.25) is 11.8 Å². The van der Waals surface area contributed by atoms with Gasteiger partial charge in [0, 0.05) is 37.2 Å². The maximum Gasteiger partial charge on any atom is 0.229 e. The van der Waals surface area contributed by atoms with E-state index in [0.717, 1.165) is 12.3 Å². The van der Waals surface area contributed by atoms with E-state index in [4.69, 9.17) is 0 Å². The van der Waals surface area contributed by atoms with Crippen molar-refractivity contribution in [2.75, 3.05) is 18.8 Å². The molecule has 0 aromatic carbocycles. The van der Waals surface area contributed by atoms with Crippen LogP contribution in [0, 0.1) is 0 Å². The highest BCUT2D eigenvalue weighted by Gasteiger charge is 2.29. The van der Waals surface area contributed by atoms with Gasteiger partial charge in [0.15, 0.2) is 0 Å². The SMILES string of the molecule is CCS[C@H]1CCCC[C@@H]1NCCN1C(=O)CCC1=O. The van der Waals surface area contributed by atoms with Crippen molar-refractivity contribution in [3.8, 4) is 0 Å². The Labute approximate surface area is 119 Å². The first-order chi connectivity index (χ1) is 9.22. The van der Waals surface area contributed by atoms with E-state index in [1.807, 2.05) is 11.8 Å². The lowest BCUT2D eigenvalue weighted by atomic mass is 9.95. The number of hydrogen-bond donors (Lipinski definition) is 1. The highest BCUT2D eigenvalue weighted by molar-refractivity contribution is 7.99. The lowest BCUT2D eigenvalue weighted by molar-refractivity contribution is -0.138. The summed E-state index contributed by atoms with van der Waals surface area (Å²) < 4.78 is 0. The number of carbonyl (C=O) groups is 2. The standard InChI is InChI=1S/C14H24N2O2S/c1-2-19-12-6-4-3-5-11(12)15-9-10-16-13(17)7-8-14(16)18/h11-12,15H,2-10H2,1H3/t11-,12-/m0/s1. The summed E-state index contributed by atoms with van der Waals surface area (Å²) >= 11 is 2.03. The van der Waals surface area contributed by atoms with Crippen molar-refractivity contribution < 1.29 is 9.59 Å². The fourth-order valence-corrected chi connectivity index (χ4v) is 4.20. The second-order valence-corrected chi connectivity index (χ2v) is 6.79. The summed E-state index contributed by atoms with van der Waals surface area (Å²) in [4.78, 5) is 24.4. The van der Waals surface area contributed by atoms with Crippen LogP contribution < -0.4 is 5.32 Å². The van der Waals surface area contributed by atoms with E-state index in [1.165, 1.54) is 30.6 Å². The Morgan fingerprint density at radius 3 is 2.58 bits per heavy atom. The Balaban J connectivity index is 1.74. The van der Waals surface area contributed by atoms with Crippen molar-refractivity contribution in [2.24, 2.45) is 0 Å². The number of likely N-dealkylation sites (tertiary alicyclic amines) is 1. The number of amides is 2. The molecule has 1 saturated carbocycles. The van der Waals surface area contributed by atoms with Crippen molar-refractivity contribution in [2.45, 2.75) is 56.7 Å². The topological polar surface area (TPSA) is 49.4 Å². The second kappa shape index (κ2) is 7.29. The van der Waals surface area contributed by atoms with Crippen LogP contribution in [0.5, 0.6) is 0 Å². The maximum atomic E-state index is 11.5. The summed E-state index contributed by atoms with van der Waals surface area (Å²) in [7, 11) is 0. The Morgan fingerprint density at radius 1 is 1.21 bits per heavy atom. The minimum atomic E-state index is -0.00470. The van der Waals surface area contributed by atoms with Crippen LogP contribution in [-0.4, -0.2) is 46.8 Å². The second-order valence-electron chi connectivity index (χ2n) is 5.28. The Morgan fingerprint density at radius 2 is 1.89 bits per heavy atom. The number of rotatable bonds is 6. The van der Waals surface area contributed by atoms with Gasteiger partial charge in [-0.25, -0.2) is 0 Å². The summed E-state index contributed by atoms with van der Waals surface area (Å²) in [5.74, 6) is 1.15. The molecule has 2 atom stereocenters. The molecule has 2 fully saturated rings. The Bertz CT molecular complexity index is 317. The molecule has 108 valence electrons. The molecular weight excluding hydrogens is 260 g/mol. The number of carbonyl (C=O) groups excluding carboxylic acids is 2. The molecule has 4 nitrogen and oxygen atoms in total. The molecular formula is C14H24N2O2S. The van der Waals surface area contributed by atoms with Gasteiger partial charge < -0.3 is 5.32 Å². The molecule has 1 aliphatic heterocycles. The van der Waals surface area contributed by atoms with E-state index >= 15 is 0 Å². The van der Waals surface area contributed by atoms with Crippen LogP contribution in [0.15, 0.2) is 0 Å². The van der Waals surface area contributed by atoms with Crippen molar-refractivity contribution in [1.29, 1.82) is 0 Å². The van der Waals surface area contributed by atoms with E-state index in [0.29, 0.717) is 30.7 Å². The van der Waals surface area contributed by atoms with Gasteiger partial charge in [-0.05, 0) is 18.6 Å². The molecule has 0 unspecified atom stereocenters. The van der Waals surface area contributed by atoms with Gasteiger partial charge in [0.25, 0.3) is 0 Å². The van der Waals surface area contributed by atoms with Crippen LogP contribution >= 0.6 is 11.8 Å². The van der Waals surface area contributed by atoms with Crippen LogP contribution in [-0.2, 0) is 9.59 Å². The molecule has 1 heterocycles. The van der Waals surface area contributed by atoms with Gasteiger partial charge in [0.1, 0.15) is 0 Å². The molecule has 0 spiro atoms. The normalized spacial score (nSPS) is 28.2. The Hall–Kier alpha value is -0.550. The third-order valence-corrected chi connectivity index (χ3v) is 5.31. The molecule has 1 saturated heterocycles. The van der Waals surface area contributed by atoms with Crippen molar-refractivity contribution in [3.05, 3.63) is 0 Å². The average molecular weight is 284 g/mol. The zero-order chi connectivity index (χ0) is 13.7. The minimum absolute atomic E-state index is 0.00470. The molecule has 0 bridgehead atoms. The Kier molecular flexibility index (Phi) is 5.70. The van der Waals surface area contributed by atoms with Crippen LogP contribution in [0.25, 0.3) is 0 Å². The minimum Gasteiger partial charge on any atom is -0.311 e. The van der Waals surface area contributed by atoms with Crippen molar-refractivity contribution in [3.63, 3.8) is 0 Å². The van der Waals surface area contributed by atoms with Crippen LogP contribution in [0.1, 0.15) is 45.4 Å². The monoisotopic (exact) mass is 284 g/mol. The molecule has 1 aliphatic carbocycles. The summed E-state index contributed by atoms with van der Waals surface area (Å²) in [6, 6.07) is 0.548. The van der Waals surface area contributed by atoms with Gasteiger partial charge in [-0.15, -0.1) is 0 Å². The number of nitrogens with zero attached hydrogens (tertiary/aromatic N) is 1. The van der Waals surface area contributed by atoms with E-state index in [1.54, 1.807) is 0 Å². The number of imide groups is 1. The fraction of sp³-hybridized carbons (Fsp3) is 0.857. The van der Waals surface area contributed by atoms with Crippen LogP contribution in [0.3, 0.4) is 0 Å². The smallest absolute Gasteiger partial charge is 0.229 e. The van der Waals surface area contributed by atoms with Crippen LogP contribution in [0.4, 0.5) is 0 Å². The molecule has 2 aliphatic rings.